The number of esters is 1. The predicted molar refractivity (Wildman–Crippen MR) is 98.0 cm³/mol. The van der Waals surface area contributed by atoms with E-state index in [2.05, 4.69) is 5.32 Å². The van der Waals surface area contributed by atoms with Gasteiger partial charge in [0.05, 0.1) is 29.3 Å². The number of hydrogen-bond donors (Lipinski definition) is 1. The molecule has 0 bridgehead atoms. The third-order valence-corrected chi connectivity index (χ3v) is 4.51. The van der Waals surface area contributed by atoms with Crippen molar-refractivity contribution in [3.8, 4) is 6.07 Å². The van der Waals surface area contributed by atoms with Gasteiger partial charge < -0.3 is 19.4 Å². The standard InChI is InChI=1S/C19H16ClN3O5/c20-16-7-14(4-3-12(16)8-21)22-17(24)11-28-19(26)13-6-18(25)23(9-13)10-15-2-1-5-27-15/h1-5,7,13H,6,9-11H2,(H,22,24)/t13-/m0/s1. The van der Waals surface area contributed by atoms with Crippen molar-refractivity contribution in [2.75, 3.05) is 18.5 Å². The maximum atomic E-state index is 12.2. The van der Waals surface area contributed by atoms with Crippen molar-refractivity contribution in [1.82, 2.24) is 4.90 Å². The molecule has 1 aromatic heterocycles. The number of halogens is 1. The number of hydrogen-bond acceptors (Lipinski definition) is 6. The van der Waals surface area contributed by atoms with Crippen molar-refractivity contribution in [3.05, 3.63) is 52.9 Å². The lowest BCUT2D eigenvalue weighted by molar-refractivity contribution is -0.151. The molecular weight excluding hydrogens is 386 g/mol. The van der Waals surface area contributed by atoms with Gasteiger partial charge >= 0.3 is 5.97 Å². The zero-order valence-electron chi connectivity index (χ0n) is 14.7. The molecule has 0 spiro atoms. The highest BCUT2D eigenvalue weighted by molar-refractivity contribution is 6.32. The molecule has 1 aliphatic rings. The Morgan fingerprint density at radius 3 is 2.89 bits per heavy atom. The van der Waals surface area contributed by atoms with E-state index in [9.17, 15) is 14.4 Å². The summed E-state index contributed by atoms with van der Waals surface area (Å²) in [5, 5.41) is 11.6. The number of rotatable bonds is 6. The Balaban J connectivity index is 1.47. The summed E-state index contributed by atoms with van der Waals surface area (Å²) in [6.07, 6.45) is 1.55. The van der Waals surface area contributed by atoms with Crippen LogP contribution in [-0.2, 0) is 25.7 Å². The molecule has 8 nitrogen and oxygen atoms in total. The summed E-state index contributed by atoms with van der Waals surface area (Å²) in [7, 11) is 0. The Bertz CT molecular complexity index is 936. The van der Waals surface area contributed by atoms with Crippen LogP contribution in [0.15, 0.2) is 41.0 Å². The predicted octanol–water partition coefficient (Wildman–Crippen LogP) is 2.34. The van der Waals surface area contributed by atoms with Crippen LogP contribution in [-0.4, -0.2) is 35.8 Å². The number of nitrogens with one attached hydrogen (secondary N) is 1. The van der Waals surface area contributed by atoms with E-state index in [0.717, 1.165) is 0 Å². The van der Waals surface area contributed by atoms with Gasteiger partial charge in [0, 0.05) is 18.7 Å². The molecule has 144 valence electrons. The van der Waals surface area contributed by atoms with E-state index >= 15 is 0 Å². The topological polar surface area (TPSA) is 113 Å². The quantitative estimate of drug-likeness (QED) is 0.743. The fourth-order valence-electron chi connectivity index (χ4n) is 2.81. The number of amides is 2. The fraction of sp³-hybridized carbons (Fsp3) is 0.263. The van der Waals surface area contributed by atoms with Crippen LogP contribution >= 0.6 is 11.6 Å². The highest BCUT2D eigenvalue weighted by atomic mass is 35.5. The summed E-state index contributed by atoms with van der Waals surface area (Å²) >= 11 is 5.90. The smallest absolute Gasteiger partial charge is 0.311 e. The highest BCUT2D eigenvalue weighted by Gasteiger charge is 2.35. The van der Waals surface area contributed by atoms with Crippen molar-refractivity contribution in [1.29, 1.82) is 5.26 Å². The number of furan rings is 1. The van der Waals surface area contributed by atoms with Gasteiger partial charge in [0.1, 0.15) is 11.8 Å². The third-order valence-electron chi connectivity index (χ3n) is 4.19. The Hall–Kier alpha value is -3.31. The molecule has 1 fully saturated rings. The van der Waals surface area contributed by atoms with E-state index in [4.69, 9.17) is 26.0 Å². The minimum absolute atomic E-state index is 0.0341. The molecule has 1 aromatic carbocycles. The largest absolute Gasteiger partial charge is 0.467 e. The molecule has 1 N–H and O–H groups in total. The molecule has 1 aliphatic heterocycles. The van der Waals surface area contributed by atoms with Crippen LogP contribution in [0.3, 0.4) is 0 Å². The minimum Gasteiger partial charge on any atom is -0.467 e. The van der Waals surface area contributed by atoms with Crippen LogP contribution in [0.25, 0.3) is 0 Å². The molecular formula is C19H16ClN3O5. The minimum atomic E-state index is -0.625. The van der Waals surface area contributed by atoms with E-state index in [0.29, 0.717) is 11.4 Å². The van der Waals surface area contributed by atoms with Crippen LogP contribution in [0.4, 0.5) is 5.69 Å². The lowest BCUT2D eigenvalue weighted by atomic mass is 10.1. The SMILES string of the molecule is N#Cc1ccc(NC(=O)COC(=O)[C@H]2CC(=O)N(Cc3ccco3)C2)cc1Cl. The molecule has 28 heavy (non-hydrogen) atoms. The maximum absolute atomic E-state index is 12.2. The normalized spacial score (nSPS) is 15.9. The molecule has 9 heteroatoms. The van der Waals surface area contributed by atoms with Crippen molar-refractivity contribution >= 4 is 35.1 Å². The number of carbonyl (C=O) groups excluding carboxylic acids is 3. The first-order chi connectivity index (χ1) is 13.5. The van der Waals surface area contributed by atoms with Gasteiger partial charge in [-0.3, -0.25) is 14.4 Å². The molecule has 2 heterocycles. The first kappa shape index (κ1) is 19.5. The Morgan fingerprint density at radius 1 is 1.39 bits per heavy atom. The van der Waals surface area contributed by atoms with Crippen molar-refractivity contribution in [3.63, 3.8) is 0 Å². The average molecular weight is 402 g/mol. The highest BCUT2D eigenvalue weighted by Crippen LogP contribution is 2.22. The van der Waals surface area contributed by atoms with Crippen LogP contribution in [0.1, 0.15) is 17.7 Å². The molecule has 1 atom stereocenters. The maximum Gasteiger partial charge on any atom is 0.311 e. The first-order valence-corrected chi connectivity index (χ1v) is 8.80. The molecule has 3 rings (SSSR count). The zero-order valence-corrected chi connectivity index (χ0v) is 15.4. The monoisotopic (exact) mass is 401 g/mol. The first-order valence-electron chi connectivity index (χ1n) is 8.42. The molecule has 1 saturated heterocycles. The Kier molecular flexibility index (Phi) is 5.96. The van der Waals surface area contributed by atoms with Gasteiger partial charge in [-0.25, -0.2) is 0 Å². The van der Waals surface area contributed by atoms with Gasteiger partial charge in [0.2, 0.25) is 5.91 Å². The lowest BCUT2D eigenvalue weighted by Crippen LogP contribution is -2.28. The molecule has 2 aromatic rings. The fourth-order valence-corrected chi connectivity index (χ4v) is 3.03. The number of anilines is 1. The van der Waals surface area contributed by atoms with Gasteiger partial charge in [-0.15, -0.1) is 0 Å². The van der Waals surface area contributed by atoms with Crippen molar-refractivity contribution < 1.29 is 23.5 Å². The van der Waals surface area contributed by atoms with E-state index in [1.54, 1.807) is 12.1 Å². The summed E-state index contributed by atoms with van der Waals surface area (Å²) in [5.74, 6) is -1.33. The van der Waals surface area contributed by atoms with Gasteiger partial charge in [-0.1, -0.05) is 11.6 Å². The second-order valence-corrected chi connectivity index (χ2v) is 6.62. The second-order valence-electron chi connectivity index (χ2n) is 6.22. The summed E-state index contributed by atoms with van der Waals surface area (Å²) in [6.45, 7) is 0.0140. The van der Waals surface area contributed by atoms with Crippen LogP contribution in [0.5, 0.6) is 0 Å². The van der Waals surface area contributed by atoms with Gasteiger partial charge in [0.25, 0.3) is 5.91 Å². The summed E-state index contributed by atoms with van der Waals surface area (Å²) in [5.41, 5.74) is 0.668. The third kappa shape index (κ3) is 4.69. The lowest BCUT2D eigenvalue weighted by Gasteiger charge is -2.14. The van der Waals surface area contributed by atoms with E-state index in [1.807, 2.05) is 6.07 Å². The number of benzene rings is 1. The Morgan fingerprint density at radius 2 is 2.21 bits per heavy atom. The van der Waals surface area contributed by atoms with Gasteiger partial charge in [0.15, 0.2) is 6.61 Å². The number of ether oxygens (including phenoxy) is 1. The second kappa shape index (κ2) is 8.59. The Labute approximate surface area is 165 Å². The van der Waals surface area contributed by atoms with Crippen molar-refractivity contribution in [2.24, 2.45) is 5.92 Å². The van der Waals surface area contributed by atoms with Gasteiger partial charge in [-0.2, -0.15) is 5.26 Å². The molecule has 0 saturated carbocycles. The number of nitriles is 1. The average Bonchev–Trinajstić information content (AvgIpc) is 3.30. The summed E-state index contributed by atoms with van der Waals surface area (Å²) in [6, 6.07) is 9.82. The molecule has 2 amide bonds. The summed E-state index contributed by atoms with van der Waals surface area (Å²) in [4.78, 5) is 37.7. The number of nitrogens with zero attached hydrogens (tertiary/aromatic N) is 2. The van der Waals surface area contributed by atoms with Crippen molar-refractivity contribution in [2.45, 2.75) is 13.0 Å². The molecule has 0 radical (unpaired) electrons. The van der Waals surface area contributed by atoms with Gasteiger partial charge in [-0.05, 0) is 30.3 Å². The molecule has 0 unspecified atom stereocenters. The number of carbonyl (C=O) groups is 3. The van der Waals surface area contributed by atoms with Crippen LogP contribution < -0.4 is 5.32 Å². The van der Waals surface area contributed by atoms with Crippen LogP contribution in [0.2, 0.25) is 5.02 Å². The zero-order chi connectivity index (χ0) is 20.1. The van der Waals surface area contributed by atoms with Crippen LogP contribution in [0, 0.1) is 17.2 Å². The summed E-state index contributed by atoms with van der Waals surface area (Å²) < 4.78 is 10.2. The van der Waals surface area contributed by atoms with E-state index < -0.39 is 24.4 Å². The number of likely N-dealkylation sites (tertiary alicyclic amines) is 1. The van der Waals surface area contributed by atoms with E-state index in [1.165, 1.54) is 29.4 Å². The van der Waals surface area contributed by atoms with E-state index in [-0.39, 0.29) is 36.0 Å². The molecule has 0 aliphatic carbocycles.